The number of aromatic nitrogens is 2. The molecule has 6 heteroatoms. The lowest BCUT2D eigenvalue weighted by molar-refractivity contribution is -0.144. The monoisotopic (exact) mass is 377 g/mol. The zero-order valence-corrected chi connectivity index (χ0v) is 13.3. The largest absolute Gasteiger partial charge is 0.480 e. The van der Waals surface area contributed by atoms with Gasteiger partial charge in [-0.15, -0.1) is 0 Å². The van der Waals surface area contributed by atoms with Crippen molar-refractivity contribution in [3.63, 3.8) is 0 Å². The van der Waals surface area contributed by atoms with E-state index in [2.05, 4.69) is 33.0 Å². The van der Waals surface area contributed by atoms with Crippen molar-refractivity contribution in [2.45, 2.75) is 57.2 Å². The van der Waals surface area contributed by atoms with Gasteiger partial charge in [-0.05, 0) is 61.6 Å². The van der Waals surface area contributed by atoms with Gasteiger partial charge in [0.25, 0.3) is 0 Å². The average Bonchev–Trinajstić information content (AvgIpc) is 3.05. The Morgan fingerprint density at radius 2 is 2.37 bits per heavy atom. The Morgan fingerprint density at radius 3 is 2.89 bits per heavy atom. The van der Waals surface area contributed by atoms with Gasteiger partial charge in [-0.1, -0.05) is 0 Å². The molecule has 0 amide bonds. The molecule has 0 spiro atoms. The van der Waals surface area contributed by atoms with E-state index in [4.69, 9.17) is 0 Å². The first-order chi connectivity index (χ1) is 8.99. The van der Waals surface area contributed by atoms with E-state index in [1.807, 2.05) is 17.1 Å². The van der Waals surface area contributed by atoms with Gasteiger partial charge in [-0.25, -0.2) is 0 Å². The van der Waals surface area contributed by atoms with Crippen LogP contribution in [0, 0.1) is 3.57 Å². The molecule has 2 N–H and O–H groups in total. The highest BCUT2D eigenvalue weighted by Crippen LogP contribution is 2.25. The minimum atomic E-state index is -0.778. The summed E-state index contributed by atoms with van der Waals surface area (Å²) in [5.74, 6) is -0.743. The maximum absolute atomic E-state index is 11.4. The molecule has 19 heavy (non-hydrogen) atoms. The van der Waals surface area contributed by atoms with E-state index >= 15 is 0 Å². The Balaban J connectivity index is 1.74. The second-order valence-electron chi connectivity index (χ2n) is 5.43. The molecule has 0 bridgehead atoms. The summed E-state index contributed by atoms with van der Waals surface area (Å²) in [6, 6.07) is 0.411. The molecule has 0 aliphatic heterocycles. The first kappa shape index (κ1) is 14.8. The van der Waals surface area contributed by atoms with Crippen molar-refractivity contribution >= 4 is 28.6 Å². The van der Waals surface area contributed by atoms with Crippen molar-refractivity contribution < 1.29 is 9.90 Å². The van der Waals surface area contributed by atoms with Crippen LogP contribution >= 0.6 is 22.6 Å². The van der Waals surface area contributed by atoms with Crippen LogP contribution in [0.1, 0.15) is 39.0 Å². The van der Waals surface area contributed by atoms with Crippen LogP contribution in [0.25, 0.3) is 0 Å². The Labute approximate surface area is 126 Å². The zero-order chi connectivity index (χ0) is 13.9. The van der Waals surface area contributed by atoms with Crippen molar-refractivity contribution in [2.24, 2.45) is 0 Å². The number of hydrogen-bond acceptors (Lipinski definition) is 3. The SMILES string of the molecule is CC(CCCCn1cc(I)cn1)(NC1CC1)C(=O)O. The predicted molar refractivity (Wildman–Crippen MR) is 81.0 cm³/mol. The Morgan fingerprint density at radius 1 is 1.63 bits per heavy atom. The standard InChI is InChI=1S/C13H20IN3O2/c1-13(12(18)19,16-11-4-5-11)6-2-3-7-17-9-10(14)8-15-17/h8-9,11,16H,2-7H2,1H3,(H,18,19). The number of rotatable bonds is 8. The summed E-state index contributed by atoms with van der Waals surface area (Å²) in [6.45, 7) is 2.65. The van der Waals surface area contributed by atoms with E-state index in [1.165, 1.54) is 0 Å². The number of nitrogens with one attached hydrogen (secondary N) is 1. The highest BCUT2D eigenvalue weighted by molar-refractivity contribution is 14.1. The maximum atomic E-state index is 11.4. The van der Waals surface area contributed by atoms with Crippen LogP contribution in [0.4, 0.5) is 0 Å². The van der Waals surface area contributed by atoms with Crippen molar-refractivity contribution in [1.82, 2.24) is 15.1 Å². The Kier molecular flexibility index (Phi) is 4.83. The van der Waals surface area contributed by atoms with Crippen molar-refractivity contribution in [3.8, 4) is 0 Å². The molecular formula is C13H20IN3O2. The molecular weight excluding hydrogens is 357 g/mol. The second-order valence-corrected chi connectivity index (χ2v) is 6.68. The number of carboxylic acids is 1. The number of carboxylic acid groups (broad SMARTS) is 1. The number of halogens is 1. The normalized spacial score (nSPS) is 18.2. The highest BCUT2D eigenvalue weighted by atomic mass is 127. The van der Waals surface area contributed by atoms with E-state index in [0.29, 0.717) is 12.5 Å². The van der Waals surface area contributed by atoms with Crippen molar-refractivity contribution in [2.75, 3.05) is 0 Å². The van der Waals surface area contributed by atoms with Gasteiger partial charge in [0.1, 0.15) is 5.54 Å². The van der Waals surface area contributed by atoms with Gasteiger partial charge in [-0.3, -0.25) is 14.8 Å². The molecule has 1 atom stereocenters. The summed E-state index contributed by atoms with van der Waals surface area (Å²) in [4.78, 5) is 11.4. The van der Waals surface area contributed by atoms with Crippen LogP contribution in [-0.4, -0.2) is 32.4 Å². The van der Waals surface area contributed by atoms with Crippen molar-refractivity contribution in [1.29, 1.82) is 0 Å². The first-order valence-corrected chi connectivity index (χ1v) is 7.76. The van der Waals surface area contributed by atoms with Crippen molar-refractivity contribution in [3.05, 3.63) is 16.0 Å². The topological polar surface area (TPSA) is 67.2 Å². The van der Waals surface area contributed by atoms with Gasteiger partial charge >= 0.3 is 5.97 Å². The third kappa shape index (κ3) is 4.45. The highest BCUT2D eigenvalue weighted by Gasteiger charge is 2.37. The van der Waals surface area contributed by atoms with E-state index in [-0.39, 0.29) is 0 Å². The average molecular weight is 377 g/mol. The summed E-state index contributed by atoms with van der Waals surface area (Å²) in [5, 5.41) is 16.8. The Hall–Kier alpha value is -0.630. The van der Waals surface area contributed by atoms with Gasteiger partial charge < -0.3 is 5.11 Å². The number of carbonyl (C=O) groups is 1. The summed E-state index contributed by atoms with van der Waals surface area (Å²) in [7, 11) is 0. The molecule has 1 aliphatic rings. The lowest BCUT2D eigenvalue weighted by atomic mass is 9.94. The molecule has 1 unspecified atom stereocenters. The summed E-state index contributed by atoms with van der Waals surface area (Å²) in [6.07, 6.45) is 8.54. The lowest BCUT2D eigenvalue weighted by Crippen LogP contribution is -2.50. The van der Waals surface area contributed by atoms with Gasteiger partial charge in [-0.2, -0.15) is 5.10 Å². The molecule has 0 aromatic carbocycles. The van der Waals surface area contributed by atoms with E-state index in [0.717, 1.165) is 35.8 Å². The van der Waals surface area contributed by atoms with Crippen LogP contribution in [-0.2, 0) is 11.3 Å². The third-order valence-corrected chi connectivity index (χ3v) is 4.04. The fraction of sp³-hybridized carbons (Fsp3) is 0.692. The van der Waals surface area contributed by atoms with Crippen LogP contribution in [0.15, 0.2) is 12.4 Å². The summed E-state index contributed by atoms with van der Waals surface area (Å²) in [5.41, 5.74) is -0.778. The molecule has 5 nitrogen and oxygen atoms in total. The maximum Gasteiger partial charge on any atom is 0.323 e. The van der Waals surface area contributed by atoms with Crippen LogP contribution < -0.4 is 5.32 Å². The Bertz CT molecular complexity index is 445. The van der Waals surface area contributed by atoms with Gasteiger partial charge in [0, 0.05) is 18.8 Å². The molecule has 0 saturated heterocycles. The number of unbranched alkanes of at least 4 members (excludes halogenated alkanes) is 1. The molecule has 1 heterocycles. The molecule has 1 saturated carbocycles. The van der Waals surface area contributed by atoms with Crippen LogP contribution in [0.5, 0.6) is 0 Å². The van der Waals surface area contributed by atoms with E-state index < -0.39 is 11.5 Å². The minimum absolute atomic E-state index is 0.411. The molecule has 2 rings (SSSR count). The quantitative estimate of drug-likeness (QED) is 0.539. The summed E-state index contributed by atoms with van der Waals surface area (Å²) >= 11 is 2.23. The number of aliphatic carboxylic acids is 1. The predicted octanol–water partition coefficient (Wildman–Crippen LogP) is 2.25. The number of nitrogens with zero attached hydrogens (tertiary/aromatic N) is 2. The molecule has 0 radical (unpaired) electrons. The fourth-order valence-corrected chi connectivity index (χ4v) is 2.58. The number of aryl methyl sites for hydroxylation is 1. The van der Waals surface area contributed by atoms with E-state index in [1.54, 1.807) is 6.92 Å². The molecule has 1 aliphatic carbocycles. The second kappa shape index (κ2) is 6.21. The minimum Gasteiger partial charge on any atom is -0.480 e. The zero-order valence-electron chi connectivity index (χ0n) is 11.1. The molecule has 1 fully saturated rings. The van der Waals surface area contributed by atoms with Gasteiger partial charge in [0.15, 0.2) is 0 Å². The van der Waals surface area contributed by atoms with E-state index in [9.17, 15) is 9.90 Å². The first-order valence-electron chi connectivity index (χ1n) is 6.69. The molecule has 106 valence electrons. The van der Waals surface area contributed by atoms with Gasteiger partial charge in [0.2, 0.25) is 0 Å². The summed E-state index contributed by atoms with van der Waals surface area (Å²) < 4.78 is 3.04. The smallest absolute Gasteiger partial charge is 0.323 e. The van der Waals surface area contributed by atoms with Gasteiger partial charge in [0.05, 0.1) is 9.77 Å². The lowest BCUT2D eigenvalue weighted by Gasteiger charge is -2.26. The number of hydrogen-bond donors (Lipinski definition) is 2. The third-order valence-electron chi connectivity index (χ3n) is 3.49. The molecule has 1 aromatic heterocycles. The molecule has 1 aromatic rings. The van der Waals surface area contributed by atoms with Crippen LogP contribution in [0.3, 0.4) is 0 Å². The fourth-order valence-electron chi connectivity index (χ4n) is 2.13. The van der Waals surface area contributed by atoms with Crippen LogP contribution in [0.2, 0.25) is 0 Å².